The van der Waals surface area contributed by atoms with Gasteiger partial charge >= 0.3 is 6.09 Å². The van der Waals surface area contributed by atoms with Gasteiger partial charge in [0.05, 0.1) is 35.8 Å². The van der Waals surface area contributed by atoms with Crippen LogP contribution in [0, 0.1) is 18.3 Å². The second-order valence-corrected chi connectivity index (χ2v) is 8.65. The van der Waals surface area contributed by atoms with Crippen LogP contribution in [-0.2, 0) is 21.8 Å². The summed E-state index contributed by atoms with van der Waals surface area (Å²) in [7, 11) is -1.87. The van der Waals surface area contributed by atoms with E-state index in [9.17, 15) is 13.2 Å². The summed E-state index contributed by atoms with van der Waals surface area (Å²) in [5.74, 6) is 0.231. The molecule has 0 saturated carbocycles. The quantitative estimate of drug-likeness (QED) is 0.552. The molecule has 0 radical (unpaired) electrons. The van der Waals surface area contributed by atoms with E-state index >= 15 is 0 Å². The van der Waals surface area contributed by atoms with Gasteiger partial charge in [-0.2, -0.15) is 5.26 Å². The van der Waals surface area contributed by atoms with Gasteiger partial charge in [-0.3, -0.25) is 10.0 Å². The fourth-order valence-electron chi connectivity index (χ4n) is 2.90. The molecule has 2 heterocycles. The van der Waals surface area contributed by atoms with Gasteiger partial charge < -0.3 is 4.74 Å². The summed E-state index contributed by atoms with van der Waals surface area (Å²) >= 11 is 0. The van der Waals surface area contributed by atoms with Crippen molar-refractivity contribution in [1.29, 1.82) is 5.26 Å². The van der Waals surface area contributed by atoms with E-state index in [1.54, 1.807) is 50.4 Å². The normalized spacial score (nSPS) is 11.9. The molecule has 0 aliphatic heterocycles. The summed E-state index contributed by atoms with van der Waals surface area (Å²) < 4.78 is 32.1. The van der Waals surface area contributed by atoms with E-state index in [-0.39, 0.29) is 17.9 Å². The summed E-state index contributed by atoms with van der Waals surface area (Å²) in [6.45, 7) is 1.64. The lowest BCUT2D eigenvalue weighted by Crippen LogP contribution is -2.19. The van der Waals surface area contributed by atoms with Crippen molar-refractivity contribution in [2.24, 2.45) is 7.05 Å². The Morgan fingerprint density at radius 2 is 1.97 bits per heavy atom. The summed E-state index contributed by atoms with van der Waals surface area (Å²) in [5.41, 5.74) is 2.09. The average molecular weight is 456 g/mol. The average Bonchev–Trinajstić information content (AvgIpc) is 3.09. The van der Waals surface area contributed by atoms with E-state index in [0.717, 1.165) is 6.26 Å². The standard InChI is InChI=1S/C20H21N7O4S/c1-13-15(25-32(3,29)30)9-10-16(22-13)18-19(27(2)26-24-18)23-20(28)31-17(11-12-21)14-7-5-4-6-8-14/h4-10,17,25H,11H2,1-3H3,(H,23,28)/t17-/m1/s1. The molecule has 0 fully saturated rings. The zero-order valence-corrected chi connectivity index (χ0v) is 18.4. The molecule has 32 heavy (non-hydrogen) atoms. The fraction of sp³-hybridized carbons (Fsp3) is 0.250. The number of carbonyl (C=O) groups excluding carboxylic acids is 1. The highest BCUT2D eigenvalue weighted by atomic mass is 32.2. The Balaban J connectivity index is 1.82. The Kier molecular flexibility index (Phi) is 6.70. The van der Waals surface area contributed by atoms with Crippen LogP contribution in [0.15, 0.2) is 42.5 Å². The molecule has 11 nitrogen and oxygen atoms in total. The predicted octanol–water partition coefficient (Wildman–Crippen LogP) is 2.76. The van der Waals surface area contributed by atoms with Crippen LogP contribution in [-0.4, -0.2) is 40.7 Å². The maximum absolute atomic E-state index is 12.6. The number of pyridine rings is 1. The van der Waals surface area contributed by atoms with E-state index in [4.69, 9.17) is 10.00 Å². The molecule has 0 saturated heterocycles. The number of hydrogen-bond acceptors (Lipinski definition) is 8. The molecule has 1 amide bonds. The third kappa shape index (κ3) is 5.58. The first-order chi connectivity index (χ1) is 15.2. The number of sulfonamides is 1. The van der Waals surface area contributed by atoms with Gasteiger partial charge in [0.15, 0.2) is 11.5 Å². The lowest BCUT2D eigenvalue weighted by molar-refractivity contribution is 0.113. The topological polar surface area (TPSA) is 152 Å². The Hall–Kier alpha value is -3.98. The van der Waals surface area contributed by atoms with Crippen LogP contribution in [0.1, 0.15) is 23.8 Å². The number of anilines is 2. The number of nitrogens with zero attached hydrogens (tertiary/aromatic N) is 5. The highest BCUT2D eigenvalue weighted by Gasteiger charge is 2.21. The first kappa shape index (κ1) is 22.7. The molecular weight excluding hydrogens is 434 g/mol. The van der Waals surface area contributed by atoms with Crippen molar-refractivity contribution in [1.82, 2.24) is 20.0 Å². The van der Waals surface area contributed by atoms with Crippen molar-refractivity contribution >= 4 is 27.6 Å². The lowest BCUT2D eigenvalue weighted by atomic mass is 10.1. The smallest absolute Gasteiger partial charge is 0.413 e. The number of aryl methyl sites for hydroxylation is 2. The number of ether oxygens (including phenoxy) is 1. The van der Waals surface area contributed by atoms with Gasteiger partial charge in [-0.15, -0.1) is 5.10 Å². The van der Waals surface area contributed by atoms with Crippen molar-refractivity contribution < 1.29 is 17.9 Å². The Morgan fingerprint density at radius 3 is 2.59 bits per heavy atom. The largest absolute Gasteiger partial charge is 0.440 e. The Labute approximate surface area is 185 Å². The number of amides is 1. The highest BCUT2D eigenvalue weighted by molar-refractivity contribution is 7.92. The molecule has 2 aromatic heterocycles. The number of nitrogens with one attached hydrogen (secondary N) is 2. The molecule has 0 bridgehead atoms. The number of nitriles is 1. The maximum Gasteiger partial charge on any atom is 0.413 e. The van der Waals surface area contributed by atoms with Gasteiger partial charge in [-0.1, -0.05) is 35.5 Å². The van der Waals surface area contributed by atoms with Gasteiger partial charge in [-0.25, -0.2) is 22.9 Å². The fourth-order valence-corrected chi connectivity index (χ4v) is 3.52. The number of carbonyl (C=O) groups is 1. The summed E-state index contributed by atoms with van der Waals surface area (Å²) in [6.07, 6.45) is -0.491. The summed E-state index contributed by atoms with van der Waals surface area (Å²) in [4.78, 5) is 16.9. The molecule has 3 rings (SSSR count). The van der Waals surface area contributed by atoms with Gasteiger partial charge in [0.25, 0.3) is 0 Å². The van der Waals surface area contributed by atoms with Crippen molar-refractivity contribution in [2.75, 3.05) is 16.3 Å². The molecule has 1 aromatic carbocycles. The van der Waals surface area contributed by atoms with Crippen LogP contribution in [0.3, 0.4) is 0 Å². The van der Waals surface area contributed by atoms with E-state index in [1.807, 2.05) is 12.1 Å². The summed E-state index contributed by atoms with van der Waals surface area (Å²) in [6, 6.07) is 14.1. The maximum atomic E-state index is 12.6. The van der Waals surface area contributed by atoms with Crippen molar-refractivity contribution in [3.05, 3.63) is 53.7 Å². The Morgan fingerprint density at radius 1 is 1.25 bits per heavy atom. The van der Waals surface area contributed by atoms with Gasteiger partial charge in [0.1, 0.15) is 6.10 Å². The molecule has 12 heteroatoms. The molecule has 0 aliphatic carbocycles. The number of hydrogen-bond donors (Lipinski definition) is 2. The van der Waals surface area contributed by atoms with E-state index in [2.05, 4.69) is 25.3 Å². The molecule has 2 N–H and O–H groups in total. The minimum atomic E-state index is -3.45. The predicted molar refractivity (Wildman–Crippen MR) is 117 cm³/mol. The van der Waals surface area contributed by atoms with E-state index < -0.39 is 22.2 Å². The molecule has 3 aromatic rings. The van der Waals surface area contributed by atoms with Crippen LogP contribution in [0.5, 0.6) is 0 Å². The lowest BCUT2D eigenvalue weighted by Gasteiger charge is -2.16. The molecule has 1 atom stereocenters. The van der Waals surface area contributed by atoms with Gasteiger partial charge in [0.2, 0.25) is 10.0 Å². The van der Waals surface area contributed by atoms with Crippen LogP contribution in [0.4, 0.5) is 16.3 Å². The third-order valence-electron chi connectivity index (χ3n) is 4.37. The Bertz CT molecular complexity index is 1270. The minimum absolute atomic E-state index is 0.0104. The molecule has 0 unspecified atom stereocenters. The SMILES string of the molecule is Cc1nc(-c2nnn(C)c2NC(=O)O[C@H](CC#N)c2ccccc2)ccc1NS(C)(=O)=O. The minimum Gasteiger partial charge on any atom is -0.440 e. The second-order valence-electron chi connectivity index (χ2n) is 6.91. The zero-order valence-electron chi connectivity index (χ0n) is 17.6. The van der Waals surface area contributed by atoms with Crippen LogP contribution >= 0.6 is 0 Å². The van der Waals surface area contributed by atoms with Crippen LogP contribution in [0.25, 0.3) is 11.4 Å². The zero-order chi connectivity index (χ0) is 23.3. The van der Waals surface area contributed by atoms with Gasteiger partial charge in [0, 0.05) is 7.05 Å². The number of rotatable bonds is 7. The van der Waals surface area contributed by atoms with Crippen LogP contribution in [0.2, 0.25) is 0 Å². The van der Waals surface area contributed by atoms with E-state index in [1.165, 1.54) is 4.68 Å². The first-order valence-corrected chi connectivity index (χ1v) is 11.3. The number of aromatic nitrogens is 4. The van der Waals surface area contributed by atoms with Gasteiger partial charge in [-0.05, 0) is 24.6 Å². The molecule has 0 aliphatic rings. The molecular formula is C20H21N7O4S. The summed E-state index contributed by atoms with van der Waals surface area (Å²) in [5, 5.41) is 19.7. The third-order valence-corrected chi connectivity index (χ3v) is 4.96. The van der Waals surface area contributed by atoms with Crippen LogP contribution < -0.4 is 10.0 Å². The van der Waals surface area contributed by atoms with E-state index in [0.29, 0.717) is 22.6 Å². The molecule has 0 spiro atoms. The monoisotopic (exact) mass is 455 g/mol. The molecule has 166 valence electrons. The highest BCUT2D eigenvalue weighted by Crippen LogP contribution is 2.27. The van der Waals surface area contributed by atoms with Crippen molar-refractivity contribution in [3.8, 4) is 17.5 Å². The first-order valence-electron chi connectivity index (χ1n) is 9.43. The number of benzene rings is 1. The second kappa shape index (κ2) is 9.44. The van der Waals surface area contributed by atoms with Crippen molar-refractivity contribution in [3.63, 3.8) is 0 Å². The van der Waals surface area contributed by atoms with Crippen molar-refractivity contribution in [2.45, 2.75) is 19.4 Å².